The van der Waals surface area contributed by atoms with Crippen molar-refractivity contribution in [2.24, 2.45) is 5.92 Å². The molecule has 1 spiro atoms. The highest BCUT2D eigenvalue weighted by Crippen LogP contribution is 2.45. The van der Waals surface area contributed by atoms with E-state index in [2.05, 4.69) is 4.98 Å². The van der Waals surface area contributed by atoms with Gasteiger partial charge in [0, 0.05) is 31.0 Å². The Morgan fingerprint density at radius 1 is 1.27 bits per heavy atom. The van der Waals surface area contributed by atoms with Crippen molar-refractivity contribution in [3.63, 3.8) is 0 Å². The molecule has 0 bridgehead atoms. The second-order valence-corrected chi connectivity index (χ2v) is 9.53. The number of hydrogen-bond donors (Lipinski definition) is 0. The quantitative estimate of drug-likeness (QED) is 0.817. The molecule has 1 aromatic carbocycles. The molecule has 1 aromatic heterocycles. The maximum absolute atomic E-state index is 12.8. The molecule has 2 saturated heterocycles. The van der Waals surface area contributed by atoms with E-state index in [4.69, 9.17) is 4.74 Å². The van der Waals surface area contributed by atoms with Crippen molar-refractivity contribution in [2.75, 3.05) is 32.1 Å². The number of fused-ring (bicyclic) bond motifs is 1. The van der Waals surface area contributed by atoms with Crippen molar-refractivity contribution < 1.29 is 17.9 Å². The van der Waals surface area contributed by atoms with Gasteiger partial charge >= 0.3 is 0 Å². The molecule has 0 aliphatic carbocycles. The number of rotatable bonds is 4. The first-order chi connectivity index (χ1) is 12.5. The minimum Gasteiger partial charge on any atom is -0.381 e. The molecule has 2 aliphatic rings. The van der Waals surface area contributed by atoms with Gasteiger partial charge in [0.05, 0.1) is 17.9 Å². The van der Waals surface area contributed by atoms with Crippen LogP contribution in [0.2, 0.25) is 0 Å². The molecule has 1 amide bonds. The number of amides is 1. The summed E-state index contributed by atoms with van der Waals surface area (Å²) in [6, 6.07) is 11.2. The van der Waals surface area contributed by atoms with E-state index in [1.54, 1.807) is 11.0 Å². The number of benzene rings is 1. The Balaban J connectivity index is 1.54. The molecule has 2 aliphatic heterocycles. The Bertz CT molecular complexity index is 951. The summed E-state index contributed by atoms with van der Waals surface area (Å²) in [5, 5.41) is 0.972. The molecular formula is C19H22N2O4S. The van der Waals surface area contributed by atoms with Crippen LogP contribution in [0.3, 0.4) is 0 Å². The van der Waals surface area contributed by atoms with Gasteiger partial charge in [-0.15, -0.1) is 0 Å². The van der Waals surface area contributed by atoms with Gasteiger partial charge in [0.1, 0.15) is 10.4 Å². The van der Waals surface area contributed by atoms with Crippen LogP contribution in [0.25, 0.3) is 10.9 Å². The van der Waals surface area contributed by atoms with E-state index >= 15 is 0 Å². The van der Waals surface area contributed by atoms with E-state index in [-0.39, 0.29) is 30.7 Å². The van der Waals surface area contributed by atoms with E-state index in [1.807, 2.05) is 37.3 Å². The number of ether oxygens (including phenoxy) is 1. The van der Waals surface area contributed by atoms with Crippen LogP contribution in [-0.4, -0.2) is 61.0 Å². The number of hydrogen-bond acceptors (Lipinski definition) is 5. The summed E-state index contributed by atoms with van der Waals surface area (Å²) in [6.07, 6.45) is 0.610. The molecule has 0 saturated carbocycles. The summed E-state index contributed by atoms with van der Waals surface area (Å²) in [7, 11) is -3.21. The summed E-state index contributed by atoms with van der Waals surface area (Å²) in [6.45, 7) is 3.38. The minimum absolute atomic E-state index is 0.0407. The minimum atomic E-state index is -3.21. The van der Waals surface area contributed by atoms with Crippen LogP contribution in [0.4, 0.5) is 0 Å². The molecule has 138 valence electrons. The zero-order chi connectivity index (χ0) is 18.4. The first-order valence-corrected chi connectivity index (χ1v) is 10.6. The van der Waals surface area contributed by atoms with Crippen LogP contribution in [0.5, 0.6) is 0 Å². The third-order valence-electron chi connectivity index (χ3n) is 5.64. The van der Waals surface area contributed by atoms with E-state index in [0.29, 0.717) is 25.3 Å². The van der Waals surface area contributed by atoms with Crippen LogP contribution in [0.1, 0.15) is 23.8 Å². The lowest BCUT2D eigenvalue weighted by Crippen LogP contribution is -2.68. The average molecular weight is 374 g/mol. The standard InChI is InChI=1S/C19H22N2O4S/c1-2-25-11-15-9-10-26(23,24)19(15)12-21(13-19)18(22)17-8-7-14-5-3-4-6-16(14)20-17/h3-8,15H,2,9-13H2,1H3/t15-/m0/s1. The zero-order valence-electron chi connectivity index (χ0n) is 14.7. The SMILES string of the molecule is CCOC[C@@H]1CCS(=O)(=O)C12CN(C(=O)c1ccc3ccccc3n1)C2. The highest BCUT2D eigenvalue weighted by atomic mass is 32.2. The first kappa shape index (κ1) is 17.4. The number of likely N-dealkylation sites (tertiary alicyclic amines) is 1. The molecule has 6 nitrogen and oxygen atoms in total. The Hall–Kier alpha value is -1.99. The van der Waals surface area contributed by atoms with Crippen LogP contribution < -0.4 is 0 Å². The Morgan fingerprint density at radius 3 is 2.81 bits per heavy atom. The van der Waals surface area contributed by atoms with Gasteiger partial charge in [-0.3, -0.25) is 4.79 Å². The predicted octanol–water partition coefficient (Wildman–Crippen LogP) is 1.90. The lowest BCUT2D eigenvalue weighted by atomic mass is 9.83. The van der Waals surface area contributed by atoms with E-state index in [0.717, 1.165) is 10.9 Å². The normalized spacial score (nSPS) is 23.3. The zero-order valence-corrected chi connectivity index (χ0v) is 15.5. The first-order valence-electron chi connectivity index (χ1n) is 8.92. The van der Waals surface area contributed by atoms with Crippen LogP contribution >= 0.6 is 0 Å². The predicted molar refractivity (Wildman–Crippen MR) is 98.8 cm³/mol. The molecule has 0 unspecified atom stereocenters. The van der Waals surface area contributed by atoms with E-state index < -0.39 is 14.6 Å². The third kappa shape index (κ3) is 2.61. The summed E-state index contributed by atoms with van der Waals surface area (Å²) in [5.41, 5.74) is 1.12. The summed E-state index contributed by atoms with van der Waals surface area (Å²) >= 11 is 0. The van der Waals surface area contributed by atoms with Crippen molar-refractivity contribution in [3.8, 4) is 0 Å². The van der Waals surface area contributed by atoms with Gasteiger partial charge < -0.3 is 9.64 Å². The number of sulfone groups is 1. The highest BCUT2D eigenvalue weighted by Gasteiger charge is 2.62. The molecule has 0 radical (unpaired) electrons. The van der Waals surface area contributed by atoms with Crippen molar-refractivity contribution in [1.82, 2.24) is 9.88 Å². The van der Waals surface area contributed by atoms with Gasteiger partial charge in [0.25, 0.3) is 5.91 Å². The molecule has 3 heterocycles. The van der Waals surface area contributed by atoms with Gasteiger partial charge in [-0.05, 0) is 25.5 Å². The number of pyridine rings is 1. The molecule has 7 heteroatoms. The number of carbonyl (C=O) groups excluding carboxylic acids is 1. The molecule has 4 rings (SSSR count). The second kappa shape index (κ2) is 6.32. The Labute approximate surface area is 153 Å². The number of nitrogens with zero attached hydrogens (tertiary/aromatic N) is 2. The number of para-hydroxylation sites is 1. The molecule has 0 N–H and O–H groups in total. The molecule has 1 atom stereocenters. The lowest BCUT2D eigenvalue weighted by Gasteiger charge is -2.49. The van der Waals surface area contributed by atoms with Gasteiger partial charge in [-0.2, -0.15) is 0 Å². The third-order valence-corrected chi connectivity index (χ3v) is 8.25. The smallest absolute Gasteiger partial charge is 0.272 e. The maximum atomic E-state index is 12.8. The van der Waals surface area contributed by atoms with Gasteiger partial charge in [0.2, 0.25) is 0 Å². The van der Waals surface area contributed by atoms with E-state index in [1.165, 1.54) is 0 Å². The van der Waals surface area contributed by atoms with Crippen molar-refractivity contribution in [1.29, 1.82) is 0 Å². The molecule has 26 heavy (non-hydrogen) atoms. The largest absolute Gasteiger partial charge is 0.381 e. The van der Waals surface area contributed by atoms with E-state index in [9.17, 15) is 13.2 Å². The number of carbonyl (C=O) groups is 1. The van der Waals surface area contributed by atoms with Gasteiger partial charge in [0.15, 0.2) is 9.84 Å². The Kier molecular flexibility index (Phi) is 4.23. The second-order valence-electron chi connectivity index (χ2n) is 7.08. The fourth-order valence-corrected chi connectivity index (χ4v) is 6.46. The molecule has 2 aromatic rings. The highest BCUT2D eigenvalue weighted by molar-refractivity contribution is 7.93. The average Bonchev–Trinajstić information content (AvgIpc) is 2.88. The molecule has 2 fully saturated rings. The van der Waals surface area contributed by atoms with Crippen molar-refractivity contribution >= 4 is 26.6 Å². The van der Waals surface area contributed by atoms with Gasteiger partial charge in [-0.1, -0.05) is 24.3 Å². The van der Waals surface area contributed by atoms with Crippen LogP contribution in [0.15, 0.2) is 36.4 Å². The number of aromatic nitrogens is 1. The summed E-state index contributed by atoms with van der Waals surface area (Å²) < 4.78 is 29.9. The van der Waals surface area contributed by atoms with Crippen LogP contribution in [-0.2, 0) is 14.6 Å². The van der Waals surface area contributed by atoms with Crippen molar-refractivity contribution in [3.05, 3.63) is 42.1 Å². The monoisotopic (exact) mass is 374 g/mol. The summed E-state index contributed by atoms with van der Waals surface area (Å²) in [5.74, 6) is -0.0687. The van der Waals surface area contributed by atoms with Gasteiger partial charge in [-0.25, -0.2) is 13.4 Å². The van der Waals surface area contributed by atoms with Crippen molar-refractivity contribution in [2.45, 2.75) is 18.1 Å². The fraction of sp³-hybridized carbons (Fsp3) is 0.474. The fourth-order valence-electron chi connectivity index (χ4n) is 4.06. The lowest BCUT2D eigenvalue weighted by molar-refractivity contribution is 0.0267. The molecular weight excluding hydrogens is 352 g/mol. The Morgan fingerprint density at radius 2 is 2.04 bits per heavy atom. The maximum Gasteiger partial charge on any atom is 0.272 e. The topological polar surface area (TPSA) is 76.6 Å². The summed E-state index contributed by atoms with van der Waals surface area (Å²) in [4.78, 5) is 18.8. The van der Waals surface area contributed by atoms with Crippen LogP contribution in [0, 0.1) is 5.92 Å².